The molecular weight excluding hydrogens is 200 g/mol. The Morgan fingerprint density at radius 3 is 2.73 bits per heavy atom. The van der Waals surface area contributed by atoms with Crippen LogP contribution in [0.3, 0.4) is 0 Å². The zero-order valence-electron chi connectivity index (χ0n) is 8.55. The van der Waals surface area contributed by atoms with Crippen molar-refractivity contribution in [2.24, 2.45) is 7.05 Å². The number of aromatic nitrogens is 6. The molecule has 0 fully saturated rings. The van der Waals surface area contributed by atoms with E-state index in [4.69, 9.17) is 4.74 Å². The summed E-state index contributed by atoms with van der Waals surface area (Å²) in [4.78, 5) is 11.3. The summed E-state index contributed by atoms with van der Waals surface area (Å²) in [6.45, 7) is 1.76. The molecule has 0 aliphatic carbocycles. The van der Waals surface area contributed by atoms with E-state index in [0.29, 0.717) is 17.3 Å². The van der Waals surface area contributed by atoms with E-state index in [9.17, 15) is 4.79 Å². The SMILES string of the molecule is COc1c(-n2nn[nH]c2=O)c(C)nn1C. The summed E-state index contributed by atoms with van der Waals surface area (Å²) < 4.78 is 7.78. The van der Waals surface area contributed by atoms with Crippen molar-refractivity contribution in [2.75, 3.05) is 7.11 Å². The van der Waals surface area contributed by atoms with Crippen molar-refractivity contribution >= 4 is 0 Å². The van der Waals surface area contributed by atoms with Crippen LogP contribution in [-0.2, 0) is 7.05 Å². The number of aromatic amines is 1. The van der Waals surface area contributed by atoms with Crippen LogP contribution in [0, 0.1) is 6.92 Å². The van der Waals surface area contributed by atoms with Crippen LogP contribution in [0.15, 0.2) is 4.79 Å². The lowest BCUT2D eigenvalue weighted by Crippen LogP contribution is -2.17. The Morgan fingerprint density at radius 1 is 1.47 bits per heavy atom. The first-order valence-electron chi connectivity index (χ1n) is 4.23. The molecule has 0 aromatic carbocycles. The highest BCUT2D eigenvalue weighted by molar-refractivity contribution is 5.45. The molecule has 2 rings (SSSR count). The Kier molecular flexibility index (Phi) is 2.03. The van der Waals surface area contributed by atoms with Gasteiger partial charge in [0.25, 0.3) is 0 Å². The van der Waals surface area contributed by atoms with Gasteiger partial charge >= 0.3 is 5.69 Å². The third-order valence-corrected chi connectivity index (χ3v) is 2.02. The molecule has 1 N–H and O–H groups in total. The smallest absolute Gasteiger partial charge is 0.366 e. The number of ether oxygens (including phenoxy) is 1. The molecule has 0 saturated heterocycles. The molecule has 0 amide bonds. The molecule has 0 bridgehead atoms. The standard InChI is InChI=1S/C7H10N6O2/c1-4-5(6(15-3)12(2)9-4)13-7(14)8-10-11-13/h1-3H3,(H,8,11,14). The Labute approximate surface area is 84.4 Å². The van der Waals surface area contributed by atoms with Crippen molar-refractivity contribution in [3.05, 3.63) is 16.2 Å². The number of nitrogens with one attached hydrogen (secondary N) is 1. The molecule has 0 radical (unpaired) electrons. The molecule has 2 aromatic heterocycles. The molecule has 15 heavy (non-hydrogen) atoms. The summed E-state index contributed by atoms with van der Waals surface area (Å²) in [5.41, 5.74) is 0.716. The van der Waals surface area contributed by atoms with Crippen LogP contribution in [0.4, 0.5) is 0 Å². The number of hydrogen-bond acceptors (Lipinski definition) is 5. The molecule has 0 atom stereocenters. The van der Waals surface area contributed by atoms with Gasteiger partial charge in [0.1, 0.15) is 0 Å². The van der Waals surface area contributed by atoms with Gasteiger partial charge in [-0.05, 0) is 17.4 Å². The van der Waals surface area contributed by atoms with Crippen molar-refractivity contribution in [3.8, 4) is 11.6 Å². The molecule has 0 unspecified atom stereocenters. The minimum Gasteiger partial charge on any atom is -0.480 e. The second-order valence-electron chi connectivity index (χ2n) is 2.99. The molecule has 0 saturated carbocycles. The fraction of sp³-hybridized carbons (Fsp3) is 0.429. The lowest BCUT2D eigenvalue weighted by Gasteiger charge is -2.01. The van der Waals surface area contributed by atoms with E-state index in [1.165, 1.54) is 11.8 Å². The lowest BCUT2D eigenvalue weighted by atomic mass is 10.4. The highest BCUT2D eigenvalue weighted by Crippen LogP contribution is 2.22. The number of rotatable bonds is 2. The quantitative estimate of drug-likeness (QED) is 0.687. The number of methoxy groups -OCH3 is 1. The maximum Gasteiger partial charge on any atom is 0.366 e. The van der Waals surface area contributed by atoms with Gasteiger partial charge in [0, 0.05) is 7.05 Å². The predicted octanol–water partition coefficient (Wildman–Crippen LogP) is -0.994. The number of nitrogens with zero attached hydrogens (tertiary/aromatic N) is 5. The summed E-state index contributed by atoms with van der Waals surface area (Å²) in [5.74, 6) is 0.462. The molecular formula is C7H10N6O2. The van der Waals surface area contributed by atoms with E-state index < -0.39 is 5.69 Å². The first-order chi connectivity index (χ1) is 7.15. The first-order valence-corrected chi connectivity index (χ1v) is 4.23. The van der Waals surface area contributed by atoms with E-state index in [1.54, 1.807) is 14.0 Å². The molecule has 0 aliphatic heterocycles. The van der Waals surface area contributed by atoms with Crippen molar-refractivity contribution in [1.29, 1.82) is 0 Å². The first kappa shape index (κ1) is 9.44. The van der Waals surface area contributed by atoms with Gasteiger partial charge in [0.2, 0.25) is 5.88 Å². The molecule has 0 spiro atoms. The van der Waals surface area contributed by atoms with E-state index in [1.807, 2.05) is 0 Å². The largest absolute Gasteiger partial charge is 0.480 e. The van der Waals surface area contributed by atoms with Crippen molar-refractivity contribution in [1.82, 2.24) is 30.0 Å². The van der Waals surface area contributed by atoms with Crippen LogP contribution in [-0.4, -0.2) is 37.1 Å². The highest BCUT2D eigenvalue weighted by atomic mass is 16.5. The third-order valence-electron chi connectivity index (χ3n) is 2.02. The van der Waals surface area contributed by atoms with Gasteiger partial charge < -0.3 is 4.74 Å². The van der Waals surface area contributed by atoms with Crippen LogP contribution in [0.25, 0.3) is 5.69 Å². The normalized spacial score (nSPS) is 10.6. The summed E-state index contributed by atoms with van der Waals surface area (Å²) in [7, 11) is 3.23. The van der Waals surface area contributed by atoms with Crippen molar-refractivity contribution < 1.29 is 4.74 Å². The van der Waals surface area contributed by atoms with E-state index in [2.05, 4.69) is 20.6 Å². The maximum absolute atomic E-state index is 11.3. The monoisotopic (exact) mass is 210 g/mol. The fourth-order valence-electron chi connectivity index (χ4n) is 1.44. The minimum atomic E-state index is -0.426. The topological polar surface area (TPSA) is 90.6 Å². The van der Waals surface area contributed by atoms with Crippen molar-refractivity contribution in [2.45, 2.75) is 6.92 Å². The fourth-order valence-corrected chi connectivity index (χ4v) is 1.44. The molecule has 8 nitrogen and oxygen atoms in total. The zero-order valence-corrected chi connectivity index (χ0v) is 8.55. The highest BCUT2D eigenvalue weighted by Gasteiger charge is 2.18. The van der Waals surface area contributed by atoms with E-state index >= 15 is 0 Å². The summed E-state index contributed by atoms with van der Waals surface area (Å²) in [6, 6.07) is 0. The number of hydrogen-bond donors (Lipinski definition) is 1. The predicted molar refractivity (Wildman–Crippen MR) is 50.0 cm³/mol. The Bertz CT molecular complexity index is 536. The van der Waals surface area contributed by atoms with E-state index in [0.717, 1.165) is 4.68 Å². The average Bonchev–Trinajstić information content (AvgIpc) is 2.70. The van der Waals surface area contributed by atoms with Crippen LogP contribution in [0.1, 0.15) is 5.69 Å². The van der Waals surface area contributed by atoms with Crippen molar-refractivity contribution in [3.63, 3.8) is 0 Å². The molecule has 8 heteroatoms. The van der Waals surface area contributed by atoms with Crippen LogP contribution >= 0.6 is 0 Å². The Balaban J connectivity index is 2.72. The van der Waals surface area contributed by atoms with Crippen LogP contribution in [0.2, 0.25) is 0 Å². The second-order valence-corrected chi connectivity index (χ2v) is 2.99. The third kappa shape index (κ3) is 1.30. The lowest BCUT2D eigenvalue weighted by molar-refractivity contribution is 0.370. The summed E-state index contributed by atoms with van der Waals surface area (Å²) in [6.07, 6.45) is 0. The molecule has 2 heterocycles. The number of tetrazole rings is 1. The van der Waals surface area contributed by atoms with Crippen LogP contribution in [0.5, 0.6) is 5.88 Å². The maximum atomic E-state index is 11.3. The molecule has 80 valence electrons. The van der Waals surface area contributed by atoms with Gasteiger partial charge in [-0.1, -0.05) is 0 Å². The van der Waals surface area contributed by atoms with Gasteiger partial charge in [0.15, 0.2) is 5.69 Å². The second kappa shape index (κ2) is 3.23. The van der Waals surface area contributed by atoms with Gasteiger partial charge in [-0.3, -0.25) is 0 Å². The van der Waals surface area contributed by atoms with Gasteiger partial charge in [-0.2, -0.15) is 9.78 Å². The van der Waals surface area contributed by atoms with Crippen LogP contribution < -0.4 is 10.4 Å². The number of aryl methyl sites for hydroxylation is 2. The minimum absolute atomic E-state index is 0.426. The van der Waals surface area contributed by atoms with Gasteiger partial charge in [-0.15, -0.1) is 0 Å². The van der Waals surface area contributed by atoms with E-state index in [-0.39, 0.29) is 0 Å². The van der Waals surface area contributed by atoms with Gasteiger partial charge in [0.05, 0.1) is 12.8 Å². The molecule has 2 aromatic rings. The molecule has 0 aliphatic rings. The average molecular weight is 210 g/mol. The Hall–Kier alpha value is -2.12. The number of H-pyrrole nitrogens is 1. The summed E-state index contributed by atoms with van der Waals surface area (Å²) in [5, 5.41) is 13.4. The summed E-state index contributed by atoms with van der Waals surface area (Å²) >= 11 is 0. The zero-order chi connectivity index (χ0) is 11.0. The van der Waals surface area contributed by atoms with Gasteiger partial charge in [-0.25, -0.2) is 14.6 Å². The Morgan fingerprint density at radius 2 is 2.20 bits per heavy atom.